The van der Waals surface area contributed by atoms with Crippen LogP contribution in [0.4, 0.5) is 0 Å². The third kappa shape index (κ3) is 5.36. The lowest BCUT2D eigenvalue weighted by atomic mass is 10.0. The van der Waals surface area contributed by atoms with Crippen LogP contribution in [0.25, 0.3) is 0 Å². The monoisotopic (exact) mass is 188 g/mol. The van der Waals surface area contributed by atoms with Gasteiger partial charge in [0.25, 0.3) is 0 Å². The molecule has 1 N–H and O–H groups in total. The molecule has 0 aromatic carbocycles. The van der Waals surface area contributed by atoms with E-state index in [4.69, 9.17) is 0 Å². The van der Waals surface area contributed by atoms with Gasteiger partial charge in [-0.05, 0) is 5.92 Å². The zero-order chi connectivity index (χ0) is 10.4. The van der Waals surface area contributed by atoms with Gasteiger partial charge in [-0.15, -0.1) is 0 Å². The molecule has 0 saturated heterocycles. The Bertz CT molecular complexity index is 186. The summed E-state index contributed by atoms with van der Waals surface area (Å²) >= 11 is 0. The first-order chi connectivity index (χ1) is 5.97. The van der Waals surface area contributed by atoms with Crippen LogP contribution < -0.4 is 0 Å². The molecule has 4 nitrogen and oxygen atoms in total. The third-order valence-electron chi connectivity index (χ3n) is 1.78. The highest BCUT2D eigenvalue weighted by atomic mass is 16.5. The molecule has 0 amide bonds. The Morgan fingerprint density at radius 3 is 2.31 bits per heavy atom. The molecule has 0 spiro atoms. The molecule has 0 aromatic rings. The van der Waals surface area contributed by atoms with E-state index >= 15 is 0 Å². The van der Waals surface area contributed by atoms with Crippen molar-refractivity contribution < 1.29 is 19.4 Å². The topological polar surface area (TPSA) is 63.6 Å². The van der Waals surface area contributed by atoms with Gasteiger partial charge in [0.05, 0.1) is 13.2 Å². The van der Waals surface area contributed by atoms with Gasteiger partial charge < -0.3 is 9.84 Å². The highest BCUT2D eigenvalue weighted by molar-refractivity contribution is 5.95. The molecular weight excluding hydrogens is 172 g/mol. The van der Waals surface area contributed by atoms with Crippen LogP contribution in [0.1, 0.15) is 26.7 Å². The smallest absolute Gasteiger partial charge is 0.313 e. The molecule has 0 fully saturated rings. The normalized spacial score (nSPS) is 12.7. The minimum Gasteiger partial charge on any atom is -0.469 e. The first kappa shape index (κ1) is 12.1. The Morgan fingerprint density at radius 1 is 1.38 bits per heavy atom. The van der Waals surface area contributed by atoms with Crippen LogP contribution in [-0.4, -0.2) is 30.1 Å². The minimum absolute atomic E-state index is 0.0206. The van der Waals surface area contributed by atoms with E-state index in [0.29, 0.717) is 0 Å². The molecule has 0 radical (unpaired) electrons. The van der Waals surface area contributed by atoms with Crippen LogP contribution in [0.5, 0.6) is 0 Å². The zero-order valence-corrected chi connectivity index (χ0v) is 8.24. The van der Waals surface area contributed by atoms with E-state index < -0.39 is 12.1 Å². The highest BCUT2D eigenvalue weighted by Gasteiger charge is 2.16. The van der Waals surface area contributed by atoms with Gasteiger partial charge in [-0.3, -0.25) is 9.59 Å². The second kappa shape index (κ2) is 5.70. The molecule has 0 rings (SSSR count). The second-order valence-corrected chi connectivity index (χ2v) is 3.31. The summed E-state index contributed by atoms with van der Waals surface area (Å²) in [6.07, 6.45) is -0.898. The summed E-state index contributed by atoms with van der Waals surface area (Å²) < 4.78 is 4.32. The van der Waals surface area contributed by atoms with Gasteiger partial charge in [-0.25, -0.2) is 0 Å². The van der Waals surface area contributed by atoms with Gasteiger partial charge >= 0.3 is 5.97 Å². The number of Topliss-reactive ketones (excluding diaryl/α,β-unsaturated/α-hetero) is 1. The van der Waals surface area contributed by atoms with Crippen LogP contribution >= 0.6 is 0 Å². The lowest BCUT2D eigenvalue weighted by Crippen LogP contribution is -2.21. The van der Waals surface area contributed by atoms with E-state index in [1.54, 1.807) is 0 Å². The lowest BCUT2D eigenvalue weighted by molar-refractivity contribution is -0.143. The second-order valence-electron chi connectivity index (χ2n) is 3.31. The Kier molecular flexibility index (Phi) is 5.30. The Morgan fingerprint density at radius 2 is 1.92 bits per heavy atom. The van der Waals surface area contributed by atoms with Gasteiger partial charge in [0.2, 0.25) is 0 Å². The molecule has 1 atom stereocenters. The van der Waals surface area contributed by atoms with E-state index in [1.165, 1.54) is 7.11 Å². The van der Waals surface area contributed by atoms with Crippen LogP contribution in [0.15, 0.2) is 0 Å². The fraction of sp³-hybridized carbons (Fsp3) is 0.778. The number of hydrogen-bond acceptors (Lipinski definition) is 4. The minimum atomic E-state index is -0.669. The Hall–Kier alpha value is -0.900. The molecule has 1 unspecified atom stereocenters. The number of aliphatic hydroxyl groups is 1. The molecular formula is C9H16O4. The summed E-state index contributed by atoms with van der Waals surface area (Å²) in [5, 5.41) is 9.31. The van der Waals surface area contributed by atoms with Crippen molar-refractivity contribution in [3.63, 3.8) is 0 Å². The number of carbonyl (C=O) groups is 2. The van der Waals surface area contributed by atoms with Crippen molar-refractivity contribution in [2.75, 3.05) is 7.11 Å². The van der Waals surface area contributed by atoms with Crippen molar-refractivity contribution in [1.82, 2.24) is 0 Å². The molecule has 0 heterocycles. The number of ketones is 1. The van der Waals surface area contributed by atoms with Crippen molar-refractivity contribution in [3.05, 3.63) is 0 Å². The molecule has 76 valence electrons. The Balaban J connectivity index is 3.81. The number of carbonyl (C=O) groups excluding carboxylic acids is 2. The molecule has 0 saturated carbocycles. The van der Waals surface area contributed by atoms with Crippen molar-refractivity contribution in [3.8, 4) is 0 Å². The standard InChI is InChI=1S/C9H16O4/c1-6(2)8(11)4-7(10)5-9(12)13-3/h6,8,11H,4-5H2,1-3H3. The number of aliphatic hydroxyl groups excluding tert-OH is 1. The maximum absolute atomic E-state index is 11.1. The Labute approximate surface area is 77.9 Å². The van der Waals surface area contributed by atoms with Crippen LogP contribution in [0.3, 0.4) is 0 Å². The summed E-state index contributed by atoms with van der Waals surface area (Å²) in [6, 6.07) is 0. The van der Waals surface area contributed by atoms with Crippen LogP contribution in [0.2, 0.25) is 0 Å². The van der Waals surface area contributed by atoms with Crippen molar-refractivity contribution in [2.24, 2.45) is 5.92 Å². The quantitative estimate of drug-likeness (QED) is 0.505. The van der Waals surface area contributed by atoms with Crippen LogP contribution in [-0.2, 0) is 14.3 Å². The zero-order valence-electron chi connectivity index (χ0n) is 8.24. The molecule has 13 heavy (non-hydrogen) atoms. The maximum Gasteiger partial charge on any atom is 0.313 e. The molecule has 0 aromatic heterocycles. The molecule has 0 aliphatic carbocycles. The summed E-state index contributed by atoms with van der Waals surface area (Å²) in [4.78, 5) is 21.7. The summed E-state index contributed by atoms with van der Waals surface area (Å²) in [5.41, 5.74) is 0. The van der Waals surface area contributed by atoms with E-state index in [0.717, 1.165) is 0 Å². The fourth-order valence-electron chi connectivity index (χ4n) is 0.774. The van der Waals surface area contributed by atoms with Gasteiger partial charge in [0.15, 0.2) is 0 Å². The van der Waals surface area contributed by atoms with Crippen LogP contribution in [0, 0.1) is 5.92 Å². The number of ether oxygens (including phenoxy) is 1. The first-order valence-corrected chi connectivity index (χ1v) is 4.24. The van der Waals surface area contributed by atoms with Crippen molar-refractivity contribution in [2.45, 2.75) is 32.8 Å². The highest BCUT2D eigenvalue weighted by Crippen LogP contribution is 2.07. The van der Waals surface area contributed by atoms with E-state index in [1.807, 2.05) is 13.8 Å². The third-order valence-corrected chi connectivity index (χ3v) is 1.78. The van der Waals surface area contributed by atoms with E-state index in [2.05, 4.69) is 4.74 Å². The molecule has 0 bridgehead atoms. The van der Waals surface area contributed by atoms with Crippen molar-refractivity contribution >= 4 is 11.8 Å². The number of rotatable bonds is 5. The average Bonchev–Trinajstić information content (AvgIpc) is 2.03. The molecule has 0 aliphatic rings. The van der Waals surface area contributed by atoms with Gasteiger partial charge in [-0.1, -0.05) is 13.8 Å². The lowest BCUT2D eigenvalue weighted by Gasteiger charge is -2.12. The predicted molar refractivity (Wildman–Crippen MR) is 47.1 cm³/mol. The predicted octanol–water partition coefficient (Wildman–Crippen LogP) is 0.526. The van der Waals surface area contributed by atoms with E-state index in [-0.39, 0.29) is 24.5 Å². The fourth-order valence-corrected chi connectivity index (χ4v) is 0.774. The number of esters is 1. The van der Waals surface area contributed by atoms with E-state index in [9.17, 15) is 14.7 Å². The first-order valence-electron chi connectivity index (χ1n) is 4.24. The van der Waals surface area contributed by atoms with Crippen molar-refractivity contribution in [1.29, 1.82) is 0 Å². The van der Waals surface area contributed by atoms with Gasteiger partial charge in [0, 0.05) is 6.42 Å². The SMILES string of the molecule is COC(=O)CC(=O)CC(O)C(C)C. The average molecular weight is 188 g/mol. The molecule has 0 aliphatic heterocycles. The summed E-state index contributed by atoms with van der Waals surface area (Å²) in [7, 11) is 1.23. The molecule has 4 heteroatoms. The van der Waals surface area contributed by atoms with Gasteiger partial charge in [-0.2, -0.15) is 0 Å². The summed E-state index contributed by atoms with van der Waals surface area (Å²) in [6.45, 7) is 3.63. The maximum atomic E-state index is 11.1. The number of methoxy groups -OCH3 is 1. The summed E-state index contributed by atoms with van der Waals surface area (Å²) in [5.74, 6) is -0.810. The van der Waals surface area contributed by atoms with Gasteiger partial charge in [0.1, 0.15) is 12.2 Å². The number of hydrogen-bond donors (Lipinski definition) is 1. The largest absolute Gasteiger partial charge is 0.469 e.